The van der Waals surface area contributed by atoms with Gasteiger partial charge in [0, 0.05) is 93.6 Å². The Balaban J connectivity index is 1.18. The Morgan fingerprint density at radius 3 is 1.31 bits per heavy atom. The van der Waals surface area contributed by atoms with Gasteiger partial charge in [-0.25, -0.2) is 24.7 Å². The number of aliphatic hydroxyl groups is 2. The molecule has 0 radical (unpaired) electrons. The lowest BCUT2D eigenvalue weighted by Crippen LogP contribution is -2.31. The number of aliphatic imine (C=N–C) groups is 2. The van der Waals surface area contributed by atoms with Gasteiger partial charge in [-0.1, -0.05) is 12.1 Å². The van der Waals surface area contributed by atoms with Crippen molar-refractivity contribution in [3.05, 3.63) is 145 Å². The summed E-state index contributed by atoms with van der Waals surface area (Å²) in [6, 6.07) is 24.0. The molecule has 16 nitrogen and oxygen atoms in total. The molecule has 0 fully saturated rings. The van der Waals surface area contributed by atoms with E-state index in [1.165, 1.54) is 13.8 Å². The minimum absolute atomic E-state index is 0.0903. The van der Waals surface area contributed by atoms with Crippen LogP contribution in [0.2, 0.25) is 0 Å². The average Bonchev–Trinajstić information content (AvgIpc) is 4.20. The molecule has 1 aromatic carbocycles. The molecule has 8 heterocycles. The number of anilines is 1. The number of benzene rings is 1. The van der Waals surface area contributed by atoms with Gasteiger partial charge in [0.05, 0.1) is 28.8 Å². The molecule has 0 saturated carbocycles. The van der Waals surface area contributed by atoms with Gasteiger partial charge in [-0.3, -0.25) is 19.7 Å². The van der Waals surface area contributed by atoms with Crippen LogP contribution in [0, 0.1) is 0 Å². The number of carboxylic acids is 1. The van der Waals surface area contributed by atoms with Crippen molar-refractivity contribution in [3.63, 3.8) is 0 Å². The molecule has 2 aliphatic rings. The molecule has 338 valence electrons. The van der Waals surface area contributed by atoms with Crippen LogP contribution in [-0.2, 0) is 9.59 Å². The third-order valence-corrected chi connectivity index (χ3v) is 11.4. The van der Waals surface area contributed by atoms with Gasteiger partial charge < -0.3 is 36.3 Å². The molecule has 0 spiro atoms. The second kappa shape index (κ2) is 19.3. The van der Waals surface area contributed by atoms with Gasteiger partial charge in [0.15, 0.2) is 5.90 Å². The Hall–Kier alpha value is -8.89. The molecule has 7 aromatic rings. The van der Waals surface area contributed by atoms with Gasteiger partial charge in [0.25, 0.3) is 0 Å². The van der Waals surface area contributed by atoms with Gasteiger partial charge >= 0.3 is 5.97 Å². The first-order valence-electron chi connectivity index (χ1n) is 21.8. The fourth-order valence-corrected chi connectivity index (χ4v) is 8.06. The lowest BCUT2D eigenvalue weighted by molar-refractivity contribution is -0.138. The largest absolute Gasteiger partial charge is 0.495 e. The molecule has 0 saturated heterocycles. The van der Waals surface area contributed by atoms with Crippen molar-refractivity contribution >= 4 is 75.7 Å². The van der Waals surface area contributed by atoms with Crippen LogP contribution in [0.4, 0.5) is 5.69 Å². The number of aliphatic carboxylic acids is 1. The highest BCUT2D eigenvalue weighted by Gasteiger charge is 2.23. The van der Waals surface area contributed by atoms with E-state index in [1.54, 1.807) is 49.3 Å². The van der Waals surface area contributed by atoms with E-state index in [1.807, 2.05) is 85.0 Å². The Morgan fingerprint density at radius 2 is 0.941 bits per heavy atom. The van der Waals surface area contributed by atoms with E-state index in [4.69, 9.17) is 15.7 Å². The number of nitrogens with one attached hydrogen (secondary N) is 3. The number of nitrogens with two attached hydrogens (primary N) is 1. The van der Waals surface area contributed by atoms with Crippen LogP contribution >= 0.6 is 0 Å². The summed E-state index contributed by atoms with van der Waals surface area (Å²) in [6.07, 6.45) is 18.4. The maximum absolute atomic E-state index is 13.3. The minimum atomic E-state index is -1.27. The molecule has 6 aromatic heterocycles. The van der Waals surface area contributed by atoms with E-state index < -0.39 is 41.8 Å². The molecule has 2 aliphatic heterocycles. The third kappa shape index (κ3) is 9.43. The number of aromatic nitrogens is 7. The normalized spacial score (nSPS) is 13.8. The number of aliphatic hydroxyl groups excluding tert-OH is 2. The average molecular weight is 904 g/mol. The Morgan fingerprint density at radius 1 is 0.559 bits per heavy atom. The van der Waals surface area contributed by atoms with Crippen LogP contribution in [0.5, 0.6) is 0 Å². The zero-order valence-electron chi connectivity index (χ0n) is 36.9. The summed E-state index contributed by atoms with van der Waals surface area (Å²) in [5.74, 6) is -2.78. The highest BCUT2D eigenvalue weighted by molar-refractivity contribution is 6.00. The molecule has 0 unspecified atom stereocenters. The van der Waals surface area contributed by atoms with Crippen molar-refractivity contribution in [2.75, 3.05) is 5.32 Å². The number of rotatable bonds is 13. The summed E-state index contributed by atoms with van der Waals surface area (Å²) in [5.41, 5.74) is 19.5. The second-order valence-electron chi connectivity index (χ2n) is 16.2. The fraction of sp³-hybridized carbons (Fsp3) is 0.135. The number of pyridine rings is 3. The van der Waals surface area contributed by atoms with E-state index in [9.17, 15) is 24.9 Å². The predicted octanol–water partition coefficient (Wildman–Crippen LogP) is 9.33. The molecule has 8 bridgehead atoms. The molecule has 68 heavy (non-hydrogen) atoms. The monoisotopic (exact) mass is 903 g/mol. The number of hydrogen-bond acceptors (Lipinski definition) is 10. The van der Waals surface area contributed by atoms with Crippen LogP contribution in [0.25, 0.3) is 90.9 Å². The van der Waals surface area contributed by atoms with Crippen LogP contribution < -0.4 is 11.1 Å². The van der Waals surface area contributed by atoms with Crippen LogP contribution in [-0.4, -0.2) is 92.0 Å². The molecule has 3 atom stereocenters. The van der Waals surface area contributed by atoms with E-state index in [2.05, 4.69) is 52.4 Å². The molecular weight excluding hydrogens is 859 g/mol. The number of carbonyl (C=O) groups excluding carboxylic acids is 1. The zero-order chi connectivity index (χ0) is 47.3. The van der Waals surface area contributed by atoms with Crippen LogP contribution in [0.15, 0.2) is 132 Å². The molecule has 16 heteroatoms. The first kappa shape index (κ1) is 44.3. The van der Waals surface area contributed by atoms with Gasteiger partial charge in [-0.15, -0.1) is 0 Å². The van der Waals surface area contributed by atoms with E-state index in [0.717, 1.165) is 83.7 Å². The lowest BCUT2D eigenvalue weighted by atomic mass is 10.0. The van der Waals surface area contributed by atoms with Crippen molar-refractivity contribution < 1.29 is 24.9 Å². The van der Waals surface area contributed by atoms with Gasteiger partial charge in [-0.2, -0.15) is 0 Å². The molecule has 9 rings (SSSR count). The van der Waals surface area contributed by atoms with E-state index in [-0.39, 0.29) is 12.8 Å². The fourth-order valence-electron chi connectivity index (χ4n) is 8.06. The molecule has 1 amide bonds. The minimum Gasteiger partial charge on any atom is -0.495 e. The first-order chi connectivity index (χ1) is 33.0. The number of aromatic amines is 2. The number of carboxylic acid groups (broad SMARTS) is 1. The van der Waals surface area contributed by atoms with Gasteiger partial charge in [0.2, 0.25) is 11.8 Å². The third-order valence-electron chi connectivity index (χ3n) is 11.4. The van der Waals surface area contributed by atoms with Crippen molar-refractivity contribution in [2.45, 2.75) is 44.8 Å². The standard InChI is InChI=1S/C52H45N11O5/c1-29(53)50(65)63-44(51(66)57-30(2)52(67)68)15-16-45(64)58-35-5-3-31(4-6-35)46-36-7-9-38(59-36)47(32-17-23-54-24-18-32)40-11-13-42(61-40)49(34-21-27-56-28-22-34)43-14-12-41(62-43)48(33-19-25-55-26-20-33)39-10-8-37(46)60-39/h3-14,17-30,44,59,62H,15-16,53H2,1-2H3,(H,57,66)(H,58,64)(H,63,65)(H,67,68)/t29-,30-,44-/m0/s1. The number of hydrogen-bond donors (Lipinski definition) is 7. The van der Waals surface area contributed by atoms with E-state index in [0.29, 0.717) is 11.4 Å². The van der Waals surface area contributed by atoms with Gasteiger partial charge in [-0.05, 0) is 140 Å². The maximum Gasteiger partial charge on any atom is 0.328 e. The summed E-state index contributed by atoms with van der Waals surface area (Å²) in [4.78, 5) is 63.5. The summed E-state index contributed by atoms with van der Waals surface area (Å²) in [6.45, 7) is 2.78. The zero-order valence-corrected chi connectivity index (χ0v) is 36.9. The topological polar surface area (TPSA) is 254 Å². The van der Waals surface area contributed by atoms with Crippen LogP contribution in [0.1, 0.15) is 49.5 Å². The van der Waals surface area contributed by atoms with Gasteiger partial charge in [0.1, 0.15) is 12.1 Å². The second-order valence-corrected chi connectivity index (χ2v) is 16.2. The molecule has 8 N–H and O–H groups in total. The van der Waals surface area contributed by atoms with Crippen molar-refractivity contribution in [2.24, 2.45) is 15.7 Å². The number of amides is 1. The highest BCUT2D eigenvalue weighted by atomic mass is 16.4. The summed E-state index contributed by atoms with van der Waals surface area (Å²) >= 11 is 0. The van der Waals surface area contributed by atoms with Crippen molar-refractivity contribution in [1.82, 2.24) is 34.9 Å². The van der Waals surface area contributed by atoms with Crippen molar-refractivity contribution in [1.29, 1.82) is 0 Å². The number of H-pyrrole nitrogens is 2. The predicted molar refractivity (Wildman–Crippen MR) is 267 cm³/mol. The maximum atomic E-state index is 13.3. The van der Waals surface area contributed by atoms with E-state index >= 15 is 0 Å². The summed E-state index contributed by atoms with van der Waals surface area (Å²) in [5, 5.41) is 33.1. The first-order valence-corrected chi connectivity index (χ1v) is 21.8. The summed E-state index contributed by atoms with van der Waals surface area (Å²) < 4.78 is 0. The summed E-state index contributed by atoms with van der Waals surface area (Å²) in [7, 11) is 0. The quantitative estimate of drug-likeness (QED) is 0.0424. The highest BCUT2D eigenvalue weighted by Crippen LogP contribution is 2.38. The number of nitrogens with zero attached hydrogens (tertiary/aromatic N) is 7. The van der Waals surface area contributed by atoms with Crippen LogP contribution in [0.3, 0.4) is 0 Å². The Labute approximate surface area is 389 Å². The SMILES string of the molecule is C[C@H](N)C(O)=N[C@@H](CCC(=O)Nc1ccc(-c2c3nc(c(-c4ccncc4)c4ccc([nH]4)c(-c4ccncc4)c4nc(c(-c5ccncc5)c5ccc2[nH]5)C=C4)C=C3)cc1)C(O)=N[C@@H](C)C(=O)O. The lowest BCUT2D eigenvalue weighted by Gasteiger charge is -2.14. The molecular formula is C52H45N11O5. The number of carbonyl (C=O) groups is 2. The number of fused-ring (bicyclic) bond motifs is 8. The Kier molecular flexibility index (Phi) is 12.6. The Bertz CT molecular complexity index is 3290. The van der Waals surface area contributed by atoms with Crippen molar-refractivity contribution in [3.8, 4) is 44.5 Å². The molecule has 0 aliphatic carbocycles. The smallest absolute Gasteiger partial charge is 0.328 e.